The topological polar surface area (TPSA) is 84.5 Å². The lowest BCUT2D eigenvalue weighted by molar-refractivity contribution is -0.152. The normalized spacial score (nSPS) is 18.7. The highest BCUT2D eigenvalue weighted by Crippen LogP contribution is 2.31. The fourth-order valence-electron chi connectivity index (χ4n) is 3.42. The number of benzene rings is 1. The van der Waals surface area contributed by atoms with Crippen molar-refractivity contribution >= 4 is 23.5 Å². The zero-order chi connectivity index (χ0) is 18.6. The molecule has 0 spiro atoms. The summed E-state index contributed by atoms with van der Waals surface area (Å²) in [6.07, 6.45) is 5.86. The van der Waals surface area contributed by atoms with Gasteiger partial charge < -0.3 is 15.4 Å². The van der Waals surface area contributed by atoms with Crippen LogP contribution in [0.5, 0.6) is 0 Å². The highest BCUT2D eigenvalue weighted by atomic mass is 16.5. The molecule has 0 atom stereocenters. The third kappa shape index (κ3) is 4.23. The maximum Gasteiger partial charge on any atom is 0.331 e. The molecule has 1 aromatic carbocycles. The highest BCUT2D eigenvalue weighted by molar-refractivity contribution is 6.00. The predicted octanol–water partition coefficient (Wildman–Crippen LogP) is 3.03. The molecular weight excluding hydrogens is 332 g/mol. The summed E-state index contributed by atoms with van der Waals surface area (Å²) >= 11 is 0. The van der Waals surface area contributed by atoms with Crippen molar-refractivity contribution in [1.29, 1.82) is 0 Å². The molecule has 6 heteroatoms. The number of hydrogen-bond acceptors (Lipinski definition) is 4. The minimum atomic E-state index is -0.946. The van der Waals surface area contributed by atoms with Crippen LogP contribution in [-0.2, 0) is 14.3 Å². The summed E-state index contributed by atoms with van der Waals surface area (Å²) in [6, 6.07) is 6.83. The van der Waals surface area contributed by atoms with Crippen molar-refractivity contribution in [2.24, 2.45) is 5.92 Å². The van der Waals surface area contributed by atoms with Crippen LogP contribution < -0.4 is 10.6 Å². The van der Waals surface area contributed by atoms with Gasteiger partial charge in [0, 0.05) is 17.2 Å². The van der Waals surface area contributed by atoms with E-state index in [4.69, 9.17) is 4.74 Å². The van der Waals surface area contributed by atoms with Crippen molar-refractivity contribution < 1.29 is 19.1 Å². The molecule has 6 nitrogen and oxygen atoms in total. The molecule has 2 saturated carbocycles. The maximum absolute atomic E-state index is 12.8. The van der Waals surface area contributed by atoms with Gasteiger partial charge in [0.1, 0.15) is 5.54 Å². The van der Waals surface area contributed by atoms with Crippen molar-refractivity contribution in [2.75, 3.05) is 11.9 Å². The Labute approximate surface area is 153 Å². The Morgan fingerprint density at radius 3 is 2.54 bits per heavy atom. The average molecular weight is 358 g/mol. The molecule has 0 bridgehead atoms. The van der Waals surface area contributed by atoms with Crippen molar-refractivity contribution in [3.63, 3.8) is 0 Å². The number of hydrogen-bond donors (Lipinski definition) is 2. The van der Waals surface area contributed by atoms with Crippen LogP contribution in [0.2, 0.25) is 0 Å². The lowest BCUT2D eigenvalue weighted by Crippen LogP contribution is -2.56. The van der Waals surface area contributed by atoms with E-state index in [1.54, 1.807) is 31.2 Å². The van der Waals surface area contributed by atoms with Gasteiger partial charge >= 0.3 is 5.97 Å². The molecule has 2 aliphatic rings. The lowest BCUT2D eigenvalue weighted by Gasteiger charge is -2.35. The lowest BCUT2D eigenvalue weighted by atomic mass is 9.81. The molecule has 0 unspecified atom stereocenters. The first-order chi connectivity index (χ1) is 12.5. The second kappa shape index (κ2) is 7.89. The summed E-state index contributed by atoms with van der Waals surface area (Å²) < 4.78 is 5.22. The smallest absolute Gasteiger partial charge is 0.331 e. The molecule has 2 N–H and O–H groups in total. The van der Waals surface area contributed by atoms with Crippen LogP contribution in [-0.4, -0.2) is 29.9 Å². The predicted molar refractivity (Wildman–Crippen MR) is 97.7 cm³/mol. The van der Waals surface area contributed by atoms with E-state index in [1.165, 1.54) is 0 Å². The number of carbonyl (C=O) groups excluding carboxylic acids is 3. The van der Waals surface area contributed by atoms with Crippen LogP contribution >= 0.6 is 0 Å². The zero-order valence-electron chi connectivity index (χ0n) is 15.2. The number of ether oxygens (including phenoxy) is 1. The first-order valence-corrected chi connectivity index (χ1v) is 9.45. The van der Waals surface area contributed by atoms with Gasteiger partial charge in [-0.25, -0.2) is 4.79 Å². The Balaban J connectivity index is 1.72. The minimum absolute atomic E-state index is 0.00201. The highest BCUT2D eigenvalue weighted by Gasteiger charge is 2.42. The van der Waals surface area contributed by atoms with Gasteiger partial charge in [0.05, 0.1) is 6.61 Å². The van der Waals surface area contributed by atoms with Gasteiger partial charge in [-0.3, -0.25) is 9.59 Å². The van der Waals surface area contributed by atoms with E-state index in [1.807, 2.05) is 0 Å². The monoisotopic (exact) mass is 358 g/mol. The number of rotatable bonds is 6. The van der Waals surface area contributed by atoms with E-state index in [-0.39, 0.29) is 23.7 Å². The van der Waals surface area contributed by atoms with Crippen molar-refractivity contribution in [1.82, 2.24) is 5.32 Å². The van der Waals surface area contributed by atoms with E-state index in [0.717, 1.165) is 32.1 Å². The molecule has 3 rings (SSSR count). The Morgan fingerprint density at radius 1 is 1.15 bits per heavy atom. The number of anilines is 1. The molecule has 0 radical (unpaired) electrons. The van der Waals surface area contributed by atoms with Crippen molar-refractivity contribution in [3.05, 3.63) is 29.8 Å². The summed E-state index contributed by atoms with van der Waals surface area (Å²) in [7, 11) is 0. The number of nitrogens with one attached hydrogen (secondary N) is 2. The molecular formula is C20H26N2O4. The fraction of sp³-hybridized carbons (Fsp3) is 0.550. The van der Waals surface area contributed by atoms with Crippen LogP contribution in [0, 0.1) is 5.92 Å². The molecule has 0 aromatic heterocycles. The van der Waals surface area contributed by atoms with E-state index in [9.17, 15) is 14.4 Å². The zero-order valence-corrected chi connectivity index (χ0v) is 15.2. The summed E-state index contributed by atoms with van der Waals surface area (Å²) in [4.78, 5) is 37.2. The first-order valence-electron chi connectivity index (χ1n) is 9.45. The summed E-state index contributed by atoms with van der Waals surface area (Å²) in [5, 5.41) is 5.77. The van der Waals surface area contributed by atoms with Crippen LogP contribution in [0.3, 0.4) is 0 Å². The Kier molecular flexibility index (Phi) is 5.59. The summed E-state index contributed by atoms with van der Waals surface area (Å²) in [5.41, 5.74) is 0.0785. The molecule has 1 aromatic rings. The molecule has 0 heterocycles. The van der Waals surface area contributed by atoms with Gasteiger partial charge in [0.25, 0.3) is 5.91 Å². The molecule has 2 amide bonds. The number of carbonyl (C=O) groups is 3. The minimum Gasteiger partial charge on any atom is -0.464 e. The second-order valence-electron chi connectivity index (χ2n) is 7.16. The van der Waals surface area contributed by atoms with Crippen LogP contribution in [0.1, 0.15) is 62.2 Å². The Bertz CT molecular complexity index is 691. The second-order valence-corrected chi connectivity index (χ2v) is 7.16. The standard InChI is InChI=1S/C20H26N2O4/c1-2-26-19(25)20(11-4-3-5-12-20)22-18(24)15-7-6-8-16(13-15)21-17(23)14-9-10-14/h6-8,13-14H,2-5,9-12H2,1H3,(H,21,23)(H,22,24). The van der Waals surface area contributed by atoms with Gasteiger partial charge in [0.2, 0.25) is 5.91 Å². The molecule has 140 valence electrons. The summed E-state index contributed by atoms with van der Waals surface area (Å²) in [5.74, 6) is -0.576. The van der Waals surface area contributed by atoms with E-state index in [0.29, 0.717) is 30.7 Å². The number of amides is 2. The average Bonchev–Trinajstić information content (AvgIpc) is 3.48. The van der Waals surface area contributed by atoms with E-state index >= 15 is 0 Å². The Hall–Kier alpha value is -2.37. The van der Waals surface area contributed by atoms with E-state index < -0.39 is 5.54 Å². The largest absolute Gasteiger partial charge is 0.464 e. The first kappa shape index (κ1) is 18.4. The number of esters is 1. The quantitative estimate of drug-likeness (QED) is 0.766. The van der Waals surface area contributed by atoms with Crippen LogP contribution in [0.15, 0.2) is 24.3 Å². The molecule has 2 aliphatic carbocycles. The summed E-state index contributed by atoms with van der Waals surface area (Å²) in [6.45, 7) is 2.06. The third-order valence-electron chi connectivity index (χ3n) is 5.07. The van der Waals surface area contributed by atoms with Crippen molar-refractivity contribution in [3.8, 4) is 0 Å². The maximum atomic E-state index is 12.8. The van der Waals surface area contributed by atoms with Crippen LogP contribution in [0.4, 0.5) is 5.69 Å². The molecule has 26 heavy (non-hydrogen) atoms. The van der Waals surface area contributed by atoms with E-state index in [2.05, 4.69) is 10.6 Å². The van der Waals surface area contributed by atoms with Gasteiger partial charge in [-0.15, -0.1) is 0 Å². The fourth-order valence-corrected chi connectivity index (χ4v) is 3.42. The molecule has 0 saturated heterocycles. The molecule has 2 fully saturated rings. The van der Waals surface area contributed by atoms with Crippen molar-refractivity contribution in [2.45, 2.75) is 57.4 Å². The molecule has 0 aliphatic heterocycles. The third-order valence-corrected chi connectivity index (χ3v) is 5.07. The van der Waals surface area contributed by atoms with Gasteiger partial charge in [-0.2, -0.15) is 0 Å². The van der Waals surface area contributed by atoms with Gasteiger partial charge in [-0.05, 0) is 50.8 Å². The van der Waals surface area contributed by atoms with Crippen LogP contribution in [0.25, 0.3) is 0 Å². The van der Waals surface area contributed by atoms with Gasteiger partial charge in [-0.1, -0.05) is 25.3 Å². The Morgan fingerprint density at radius 2 is 1.88 bits per heavy atom. The SMILES string of the molecule is CCOC(=O)C1(NC(=O)c2cccc(NC(=O)C3CC3)c2)CCCCC1. The van der Waals surface area contributed by atoms with Gasteiger partial charge in [0.15, 0.2) is 0 Å².